The van der Waals surface area contributed by atoms with Crippen LogP contribution in [0.4, 0.5) is 4.39 Å². The number of aromatic carboxylic acids is 1. The van der Waals surface area contributed by atoms with Crippen molar-refractivity contribution in [2.24, 2.45) is 0 Å². The van der Waals surface area contributed by atoms with Crippen LogP contribution in [0, 0.1) is 0 Å². The van der Waals surface area contributed by atoms with Crippen molar-refractivity contribution in [1.29, 1.82) is 0 Å². The minimum Gasteiger partial charge on any atom is -0.477 e. The first kappa shape index (κ1) is 8.77. The van der Waals surface area contributed by atoms with Crippen molar-refractivity contribution in [3.05, 3.63) is 24.0 Å². The smallest absolute Gasteiger partial charge is 0.352 e. The molecule has 0 fully saturated rings. The molecule has 0 saturated heterocycles. The summed E-state index contributed by atoms with van der Waals surface area (Å²) >= 11 is 0. The second-order valence-corrected chi connectivity index (χ2v) is 2.63. The molecule has 0 aliphatic carbocycles. The van der Waals surface area contributed by atoms with Crippen molar-refractivity contribution < 1.29 is 14.3 Å². The second-order valence-electron chi connectivity index (χ2n) is 2.63. The van der Waals surface area contributed by atoms with E-state index in [0.29, 0.717) is 0 Å². The van der Waals surface area contributed by atoms with Gasteiger partial charge in [0.05, 0.1) is 6.54 Å². The minimum absolute atomic E-state index is 0.0919. The predicted molar refractivity (Wildman–Crippen MR) is 42.0 cm³/mol. The van der Waals surface area contributed by atoms with E-state index in [1.165, 1.54) is 17.6 Å². The highest BCUT2D eigenvalue weighted by molar-refractivity contribution is 5.85. The van der Waals surface area contributed by atoms with Crippen molar-refractivity contribution in [3.8, 4) is 0 Å². The number of aromatic nitrogens is 1. The van der Waals surface area contributed by atoms with Gasteiger partial charge in [0.2, 0.25) is 0 Å². The number of carbonyl (C=O) groups is 1. The van der Waals surface area contributed by atoms with Gasteiger partial charge in [-0.1, -0.05) is 0 Å². The zero-order valence-corrected chi connectivity index (χ0v) is 6.70. The van der Waals surface area contributed by atoms with E-state index in [9.17, 15) is 9.18 Å². The molecule has 0 radical (unpaired) electrons. The number of halogens is 1. The van der Waals surface area contributed by atoms with Gasteiger partial charge in [0.1, 0.15) is 11.9 Å². The lowest BCUT2D eigenvalue weighted by molar-refractivity contribution is 0.0683. The van der Waals surface area contributed by atoms with Gasteiger partial charge in [-0.2, -0.15) is 0 Å². The Bertz CT molecular complexity index is 280. The summed E-state index contributed by atoms with van der Waals surface area (Å²) in [4.78, 5) is 10.5. The molecule has 1 atom stereocenters. The third kappa shape index (κ3) is 1.84. The maximum Gasteiger partial charge on any atom is 0.352 e. The third-order valence-corrected chi connectivity index (χ3v) is 1.50. The Morgan fingerprint density at radius 2 is 2.50 bits per heavy atom. The fourth-order valence-corrected chi connectivity index (χ4v) is 1.04. The molecule has 0 amide bonds. The fraction of sp³-hybridized carbons (Fsp3) is 0.375. The monoisotopic (exact) mass is 171 g/mol. The highest BCUT2D eigenvalue weighted by Gasteiger charge is 2.09. The lowest BCUT2D eigenvalue weighted by Gasteiger charge is -2.05. The van der Waals surface area contributed by atoms with Gasteiger partial charge in [-0.05, 0) is 19.1 Å². The van der Waals surface area contributed by atoms with Crippen molar-refractivity contribution in [1.82, 2.24) is 4.57 Å². The average Bonchev–Trinajstić information content (AvgIpc) is 2.33. The summed E-state index contributed by atoms with van der Waals surface area (Å²) in [6.45, 7) is 1.49. The van der Waals surface area contributed by atoms with E-state index in [0.717, 1.165) is 0 Å². The summed E-state index contributed by atoms with van der Waals surface area (Å²) in [6, 6.07) is 3.04. The van der Waals surface area contributed by atoms with Crippen molar-refractivity contribution in [3.63, 3.8) is 0 Å². The first-order valence-electron chi connectivity index (χ1n) is 3.63. The Kier molecular flexibility index (Phi) is 2.47. The van der Waals surface area contributed by atoms with Crippen LogP contribution < -0.4 is 0 Å². The zero-order chi connectivity index (χ0) is 9.14. The molecule has 3 nitrogen and oxygen atoms in total. The van der Waals surface area contributed by atoms with E-state index >= 15 is 0 Å². The quantitative estimate of drug-likeness (QED) is 0.749. The van der Waals surface area contributed by atoms with E-state index in [1.807, 2.05) is 0 Å². The van der Waals surface area contributed by atoms with Crippen LogP contribution in [0.25, 0.3) is 0 Å². The maximum atomic E-state index is 12.5. The van der Waals surface area contributed by atoms with E-state index in [4.69, 9.17) is 5.11 Å². The summed E-state index contributed by atoms with van der Waals surface area (Å²) in [5.41, 5.74) is 0.125. The number of alkyl halides is 1. The van der Waals surface area contributed by atoms with Gasteiger partial charge < -0.3 is 9.67 Å². The van der Waals surface area contributed by atoms with Gasteiger partial charge in [-0.25, -0.2) is 9.18 Å². The van der Waals surface area contributed by atoms with Crippen LogP contribution in [0.3, 0.4) is 0 Å². The predicted octanol–water partition coefficient (Wildman–Crippen LogP) is 1.54. The van der Waals surface area contributed by atoms with Gasteiger partial charge in [-0.15, -0.1) is 0 Å². The molecule has 0 spiro atoms. The van der Waals surface area contributed by atoms with Gasteiger partial charge in [0.15, 0.2) is 0 Å². The number of nitrogens with zero attached hydrogens (tertiary/aromatic N) is 1. The molecule has 66 valence electrons. The number of carboxylic acids is 1. The molecule has 1 heterocycles. The number of rotatable bonds is 3. The maximum absolute atomic E-state index is 12.5. The van der Waals surface area contributed by atoms with Crippen LogP contribution in [0.2, 0.25) is 0 Å². The highest BCUT2D eigenvalue weighted by atomic mass is 19.1. The van der Waals surface area contributed by atoms with E-state index in [-0.39, 0.29) is 12.2 Å². The lowest BCUT2D eigenvalue weighted by Crippen LogP contribution is -2.12. The van der Waals surface area contributed by atoms with E-state index in [2.05, 4.69) is 0 Å². The topological polar surface area (TPSA) is 42.2 Å². The molecule has 1 unspecified atom stereocenters. The summed E-state index contributed by atoms with van der Waals surface area (Å²) in [5.74, 6) is -1.03. The Labute approximate surface area is 69.4 Å². The van der Waals surface area contributed by atoms with Crippen LogP contribution in [0.5, 0.6) is 0 Å². The zero-order valence-electron chi connectivity index (χ0n) is 6.70. The van der Waals surface area contributed by atoms with Crippen molar-refractivity contribution in [2.75, 3.05) is 0 Å². The fourth-order valence-electron chi connectivity index (χ4n) is 1.04. The normalized spacial score (nSPS) is 12.8. The molecule has 4 heteroatoms. The molecule has 1 aromatic rings. The van der Waals surface area contributed by atoms with Crippen molar-refractivity contribution in [2.45, 2.75) is 19.6 Å². The summed E-state index contributed by atoms with van der Waals surface area (Å²) in [7, 11) is 0. The molecular weight excluding hydrogens is 161 g/mol. The molecule has 0 aromatic carbocycles. The first-order valence-corrected chi connectivity index (χ1v) is 3.63. The van der Waals surface area contributed by atoms with Crippen LogP contribution in [-0.4, -0.2) is 21.8 Å². The van der Waals surface area contributed by atoms with Gasteiger partial charge in [-0.3, -0.25) is 0 Å². The molecular formula is C8H10FNO2. The molecule has 1 rings (SSSR count). The first-order chi connectivity index (χ1) is 5.61. The van der Waals surface area contributed by atoms with Gasteiger partial charge in [0, 0.05) is 6.20 Å². The highest BCUT2D eigenvalue weighted by Crippen LogP contribution is 2.04. The standard InChI is InChI=1S/C8H10FNO2/c1-6(9)5-10-4-2-3-7(10)8(11)12/h2-4,6H,5H2,1H3,(H,11,12). The van der Waals surface area contributed by atoms with E-state index < -0.39 is 12.1 Å². The number of hydrogen-bond acceptors (Lipinski definition) is 1. The minimum atomic E-state index is -1.03. The van der Waals surface area contributed by atoms with E-state index in [1.54, 1.807) is 12.3 Å². The number of carboxylic acid groups (broad SMARTS) is 1. The summed E-state index contributed by atoms with van der Waals surface area (Å²) in [5, 5.41) is 8.62. The summed E-state index contributed by atoms with van der Waals surface area (Å²) in [6.07, 6.45) is 0.523. The van der Waals surface area contributed by atoms with Gasteiger partial charge in [0.25, 0.3) is 0 Å². The molecule has 12 heavy (non-hydrogen) atoms. The molecule has 0 aliphatic heterocycles. The Hall–Kier alpha value is -1.32. The van der Waals surface area contributed by atoms with Crippen LogP contribution in [0.1, 0.15) is 17.4 Å². The lowest BCUT2D eigenvalue weighted by atomic mass is 10.4. The molecule has 1 N–H and O–H groups in total. The van der Waals surface area contributed by atoms with Crippen LogP contribution >= 0.6 is 0 Å². The van der Waals surface area contributed by atoms with Crippen LogP contribution in [0.15, 0.2) is 18.3 Å². The van der Waals surface area contributed by atoms with Crippen LogP contribution in [-0.2, 0) is 6.54 Å². The Morgan fingerprint density at radius 3 is 3.00 bits per heavy atom. The Morgan fingerprint density at radius 1 is 1.83 bits per heavy atom. The SMILES string of the molecule is CC(F)Cn1cccc1C(=O)O. The largest absolute Gasteiger partial charge is 0.477 e. The molecule has 1 aromatic heterocycles. The average molecular weight is 171 g/mol. The third-order valence-electron chi connectivity index (χ3n) is 1.50. The summed E-state index contributed by atoms with van der Waals surface area (Å²) < 4.78 is 13.9. The van der Waals surface area contributed by atoms with Gasteiger partial charge >= 0.3 is 5.97 Å². The molecule has 0 aliphatic rings. The second kappa shape index (κ2) is 3.38. The number of hydrogen-bond donors (Lipinski definition) is 1. The molecule has 0 saturated carbocycles. The Balaban J connectivity index is 2.84. The van der Waals surface area contributed by atoms with Crippen molar-refractivity contribution >= 4 is 5.97 Å². The molecule has 0 bridgehead atoms.